The smallest absolute Gasteiger partial charge is 0.235 e. The second kappa shape index (κ2) is 3.65. The van der Waals surface area contributed by atoms with E-state index in [0.717, 1.165) is 13.0 Å². The standard InChI is InChI=1S/C8H13NO2/c1-6(9-5-10)8-3-4-11-7(8)2/h6-8H,3-4H2,1-2H3. The number of isocyanates is 1. The summed E-state index contributed by atoms with van der Waals surface area (Å²) in [7, 11) is 0. The van der Waals surface area contributed by atoms with Crippen LogP contribution in [0.5, 0.6) is 0 Å². The summed E-state index contributed by atoms with van der Waals surface area (Å²) in [6, 6.07) is 0.0602. The van der Waals surface area contributed by atoms with Crippen LogP contribution in [0.2, 0.25) is 0 Å². The van der Waals surface area contributed by atoms with Crippen LogP contribution in [-0.4, -0.2) is 24.8 Å². The van der Waals surface area contributed by atoms with Crippen molar-refractivity contribution in [2.24, 2.45) is 10.9 Å². The number of aliphatic imine (C=N–C) groups is 1. The van der Waals surface area contributed by atoms with E-state index in [-0.39, 0.29) is 12.1 Å². The Morgan fingerprint density at radius 2 is 2.45 bits per heavy atom. The number of hydrogen-bond acceptors (Lipinski definition) is 3. The fourth-order valence-corrected chi connectivity index (χ4v) is 1.56. The molecule has 1 rings (SSSR count). The first-order valence-electron chi connectivity index (χ1n) is 3.94. The van der Waals surface area contributed by atoms with Crippen LogP contribution in [0.1, 0.15) is 20.3 Å². The molecule has 0 aromatic carbocycles. The zero-order chi connectivity index (χ0) is 8.27. The highest BCUT2D eigenvalue weighted by Gasteiger charge is 2.28. The number of hydrogen-bond donors (Lipinski definition) is 0. The van der Waals surface area contributed by atoms with Gasteiger partial charge in [0.2, 0.25) is 6.08 Å². The fraction of sp³-hybridized carbons (Fsp3) is 0.875. The van der Waals surface area contributed by atoms with Crippen molar-refractivity contribution in [3.8, 4) is 0 Å². The largest absolute Gasteiger partial charge is 0.378 e. The molecule has 0 bridgehead atoms. The van der Waals surface area contributed by atoms with Gasteiger partial charge < -0.3 is 4.74 Å². The van der Waals surface area contributed by atoms with Gasteiger partial charge >= 0.3 is 0 Å². The molecule has 3 unspecified atom stereocenters. The minimum absolute atomic E-state index is 0.0602. The third-order valence-electron chi connectivity index (χ3n) is 2.31. The number of rotatable bonds is 2. The molecule has 0 spiro atoms. The third-order valence-corrected chi connectivity index (χ3v) is 2.31. The van der Waals surface area contributed by atoms with Crippen molar-refractivity contribution in [2.45, 2.75) is 32.4 Å². The molecule has 0 aromatic rings. The van der Waals surface area contributed by atoms with Gasteiger partial charge in [-0.3, -0.25) is 0 Å². The average molecular weight is 155 g/mol. The Labute approximate surface area is 66.5 Å². The lowest BCUT2D eigenvalue weighted by atomic mass is 9.95. The first-order valence-corrected chi connectivity index (χ1v) is 3.94. The predicted octanol–water partition coefficient (Wildman–Crippen LogP) is 1.14. The molecule has 62 valence electrons. The molecule has 3 atom stereocenters. The summed E-state index contributed by atoms with van der Waals surface area (Å²) < 4.78 is 5.34. The van der Waals surface area contributed by atoms with Crippen molar-refractivity contribution in [1.29, 1.82) is 0 Å². The monoisotopic (exact) mass is 155 g/mol. The van der Waals surface area contributed by atoms with Gasteiger partial charge in [-0.25, -0.2) is 9.79 Å². The molecule has 1 aliphatic heterocycles. The van der Waals surface area contributed by atoms with E-state index in [1.807, 2.05) is 13.8 Å². The summed E-state index contributed by atoms with van der Waals surface area (Å²) in [5, 5.41) is 0. The molecule has 11 heavy (non-hydrogen) atoms. The third kappa shape index (κ3) is 1.88. The SMILES string of the molecule is CC(N=C=O)C1CCOC1C. The zero-order valence-corrected chi connectivity index (χ0v) is 6.91. The number of nitrogens with zero attached hydrogens (tertiary/aromatic N) is 1. The van der Waals surface area contributed by atoms with Gasteiger partial charge in [0.05, 0.1) is 12.1 Å². The van der Waals surface area contributed by atoms with Crippen LogP contribution in [0, 0.1) is 5.92 Å². The lowest BCUT2D eigenvalue weighted by molar-refractivity contribution is 0.101. The van der Waals surface area contributed by atoms with Crippen LogP contribution in [0.3, 0.4) is 0 Å². The van der Waals surface area contributed by atoms with E-state index in [4.69, 9.17) is 4.74 Å². The summed E-state index contributed by atoms with van der Waals surface area (Å²) in [5.41, 5.74) is 0. The average Bonchev–Trinajstić information content (AvgIpc) is 2.36. The Kier molecular flexibility index (Phi) is 2.80. The van der Waals surface area contributed by atoms with E-state index in [9.17, 15) is 4.79 Å². The Morgan fingerprint density at radius 3 is 2.91 bits per heavy atom. The molecule has 1 saturated heterocycles. The molecule has 0 amide bonds. The molecule has 0 radical (unpaired) electrons. The van der Waals surface area contributed by atoms with Gasteiger partial charge in [0.15, 0.2) is 0 Å². The number of carbonyl (C=O) groups excluding carboxylic acids is 1. The number of ether oxygens (including phenoxy) is 1. The maximum atomic E-state index is 9.95. The van der Waals surface area contributed by atoms with E-state index in [2.05, 4.69) is 4.99 Å². The maximum absolute atomic E-state index is 9.95. The van der Waals surface area contributed by atoms with Gasteiger partial charge in [0.1, 0.15) is 0 Å². The minimum Gasteiger partial charge on any atom is -0.378 e. The second-order valence-corrected chi connectivity index (χ2v) is 2.99. The van der Waals surface area contributed by atoms with Crippen molar-refractivity contribution >= 4 is 6.08 Å². The molecule has 3 heteroatoms. The van der Waals surface area contributed by atoms with E-state index >= 15 is 0 Å². The Morgan fingerprint density at radius 1 is 1.73 bits per heavy atom. The molecule has 1 aliphatic rings. The van der Waals surface area contributed by atoms with Crippen molar-refractivity contribution in [2.75, 3.05) is 6.61 Å². The van der Waals surface area contributed by atoms with Crippen molar-refractivity contribution in [1.82, 2.24) is 0 Å². The molecule has 3 nitrogen and oxygen atoms in total. The molecule has 0 aliphatic carbocycles. The molecular weight excluding hydrogens is 142 g/mol. The van der Waals surface area contributed by atoms with Gasteiger partial charge in [-0.2, -0.15) is 0 Å². The van der Waals surface area contributed by atoms with Crippen LogP contribution in [0.4, 0.5) is 0 Å². The van der Waals surface area contributed by atoms with Crippen LogP contribution in [0.25, 0.3) is 0 Å². The van der Waals surface area contributed by atoms with Gasteiger partial charge in [0, 0.05) is 12.5 Å². The Bertz CT molecular complexity index is 175. The first-order chi connectivity index (χ1) is 5.25. The van der Waals surface area contributed by atoms with Gasteiger partial charge in [-0.1, -0.05) is 0 Å². The summed E-state index contributed by atoms with van der Waals surface area (Å²) >= 11 is 0. The molecule has 1 fully saturated rings. The highest BCUT2D eigenvalue weighted by molar-refractivity contribution is 5.33. The molecule has 0 N–H and O–H groups in total. The first kappa shape index (κ1) is 8.44. The normalized spacial score (nSPS) is 32.9. The molecule has 0 saturated carbocycles. The molecule has 1 heterocycles. The van der Waals surface area contributed by atoms with E-state index < -0.39 is 0 Å². The lowest BCUT2D eigenvalue weighted by Crippen LogP contribution is -2.21. The Balaban J connectivity index is 2.51. The summed E-state index contributed by atoms with van der Waals surface area (Å²) in [5.74, 6) is 0.399. The van der Waals surface area contributed by atoms with E-state index in [0.29, 0.717) is 5.92 Å². The van der Waals surface area contributed by atoms with E-state index in [1.165, 1.54) is 0 Å². The van der Waals surface area contributed by atoms with Crippen LogP contribution in [-0.2, 0) is 9.53 Å². The lowest BCUT2D eigenvalue weighted by Gasteiger charge is -2.16. The predicted molar refractivity (Wildman–Crippen MR) is 41.1 cm³/mol. The topological polar surface area (TPSA) is 38.7 Å². The summed E-state index contributed by atoms with van der Waals surface area (Å²) in [6.07, 6.45) is 2.83. The summed E-state index contributed by atoms with van der Waals surface area (Å²) in [6.45, 7) is 4.75. The fourth-order valence-electron chi connectivity index (χ4n) is 1.56. The quantitative estimate of drug-likeness (QED) is 0.443. The van der Waals surface area contributed by atoms with Crippen molar-refractivity contribution in [3.63, 3.8) is 0 Å². The van der Waals surface area contributed by atoms with Gasteiger partial charge in [0.25, 0.3) is 0 Å². The van der Waals surface area contributed by atoms with Crippen LogP contribution >= 0.6 is 0 Å². The maximum Gasteiger partial charge on any atom is 0.235 e. The molecule has 0 aromatic heterocycles. The van der Waals surface area contributed by atoms with Gasteiger partial charge in [-0.05, 0) is 20.3 Å². The highest BCUT2D eigenvalue weighted by Crippen LogP contribution is 2.25. The minimum atomic E-state index is 0.0602. The zero-order valence-electron chi connectivity index (χ0n) is 6.91. The van der Waals surface area contributed by atoms with Crippen LogP contribution in [0.15, 0.2) is 4.99 Å². The van der Waals surface area contributed by atoms with Gasteiger partial charge in [-0.15, -0.1) is 0 Å². The van der Waals surface area contributed by atoms with Crippen molar-refractivity contribution in [3.05, 3.63) is 0 Å². The van der Waals surface area contributed by atoms with Crippen LogP contribution < -0.4 is 0 Å². The van der Waals surface area contributed by atoms with Crippen molar-refractivity contribution < 1.29 is 9.53 Å². The Hall–Kier alpha value is -0.660. The second-order valence-electron chi connectivity index (χ2n) is 2.99. The van der Waals surface area contributed by atoms with E-state index in [1.54, 1.807) is 6.08 Å². The molecular formula is C8H13NO2. The summed E-state index contributed by atoms with van der Waals surface area (Å²) in [4.78, 5) is 13.6. The highest BCUT2D eigenvalue weighted by atomic mass is 16.5.